The van der Waals surface area contributed by atoms with Crippen LogP contribution < -0.4 is 14.2 Å². The van der Waals surface area contributed by atoms with E-state index in [-0.39, 0.29) is 16.5 Å². The van der Waals surface area contributed by atoms with Gasteiger partial charge >= 0.3 is 0 Å². The molecule has 10 heteroatoms. The molecule has 1 heterocycles. The van der Waals surface area contributed by atoms with Gasteiger partial charge in [-0.15, -0.1) is 0 Å². The van der Waals surface area contributed by atoms with E-state index in [4.69, 9.17) is 21.1 Å². The van der Waals surface area contributed by atoms with Crippen LogP contribution in [0.2, 0.25) is 5.02 Å². The molecule has 3 aromatic rings. The summed E-state index contributed by atoms with van der Waals surface area (Å²) >= 11 is 9.51. The zero-order valence-electron chi connectivity index (χ0n) is 15.0. The number of halogens is 2. The number of hydrogen-bond donors (Lipinski definition) is 1. The quantitative estimate of drug-likeness (QED) is 0.542. The zero-order valence-corrected chi connectivity index (χ0v) is 18.2. The van der Waals surface area contributed by atoms with Crippen molar-refractivity contribution in [3.8, 4) is 11.5 Å². The molecule has 2 aromatic carbocycles. The number of methoxy groups -OCH3 is 2. The second-order valence-corrected chi connectivity index (χ2v) is 8.65. The fourth-order valence-corrected chi connectivity index (χ4v) is 4.44. The van der Waals surface area contributed by atoms with Gasteiger partial charge < -0.3 is 9.47 Å². The fraction of sp³-hybridized carbons (Fsp3) is 0.167. The van der Waals surface area contributed by atoms with Crippen LogP contribution in [-0.4, -0.2) is 32.4 Å². The van der Waals surface area contributed by atoms with E-state index in [2.05, 4.69) is 25.8 Å². The summed E-state index contributed by atoms with van der Waals surface area (Å²) < 4.78 is 40.5. The van der Waals surface area contributed by atoms with Crippen LogP contribution in [0.5, 0.6) is 11.5 Å². The first kappa shape index (κ1) is 20.5. The van der Waals surface area contributed by atoms with Crippen molar-refractivity contribution in [1.82, 2.24) is 9.78 Å². The van der Waals surface area contributed by atoms with Crippen molar-refractivity contribution in [1.29, 1.82) is 0 Å². The largest absolute Gasteiger partial charge is 0.497 e. The average molecular weight is 487 g/mol. The van der Waals surface area contributed by atoms with E-state index in [9.17, 15) is 8.42 Å². The molecule has 0 unspecified atom stereocenters. The molecule has 0 bridgehead atoms. The normalized spacial score (nSPS) is 11.3. The third-order valence-corrected chi connectivity index (χ3v) is 6.23. The SMILES string of the molecule is COc1ccc(S(=O)(=O)Nc2nn(Cc3ccccc3Cl)cc2Br)c(OC)c1. The Morgan fingerprint density at radius 1 is 1.18 bits per heavy atom. The van der Waals surface area contributed by atoms with Gasteiger partial charge in [0.05, 0.1) is 25.2 Å². The molecule has 0 radical (unpaired) electrons. The van der Waals surface area contributed by atoms with Crippen molar-refractivity contribution in [3.05, 3.63) is 63.7 Å². The summed E-state index contributed by atoms with van der Waals surface area (Å²) in [5.41, 5.74) is 0.866. The Bertz CT molecular complexity index is 1100. The van der Waals surface area contributed by atoms with Crippen LogP contribution >= 0.6 is 27.5 Å². The van der Waals surface area contributed by atoms with Crippen molar-refractivity contribution < 1.29 is 17.9 Å². The van der Waals surface area contributed by atoms with Gasteiger partial charge in [0.1, 0.15) is 16.4 Å². The molecule has 1 aromatic heterocycles. The van der Waals surface area contributed by atoms with Crippen molar-refractivity contribution in [3.63, 3.8) is 0 Å². The van der Waals surface area contributed by atoms with Gasteiger partial charge in [0.25, 0.3) is 10.0 Å². The minimum Gasteiger partial charge on any atom is -0.497 e. The molecule has 0 spiro atoms. The van der Waals surface area contributed by atoms with E-state index < -0.39 is 10.0 Å². The molecule has 0 saturated heterocycles. The minimum atomic E-state index is -3.93. The lowest BCUT2D eigenvalue weighted by Crippen LogP contribution is -2.15. The van der Waals surface area contributed by atoms with Crippen LogP contribution in [0, 0.1) is 0 Å². The molecule has 0 aliphatic carbocycles. The molecule has 3 rings (SSSR count). The lowest BCUT2D eigenvalue weighted by Gasteiger charge is -2.11. The smallest absolute Gasteiger partial charge is 0.266 e. The van der Waals surface area contributed by atoms with Crippen LogP contribution in [0.25, 0.3) is 0 Å². The molecule has 0 saturated carbocycles. The highest BCUT2D eigenvalue weighted by molar-refractivity contribution is 9.10. The molecule has 0 fully saturated rings. The molecule has 0 aliphatic rings. The van der Waals surface area contributed by atoms with E-state index >= 15 is 0 Å². The second kappa shape index (κ2) is 8.42. The number of hydrogen-bond acceptors (Lipinski definition) is 5. The summed E-state index contributed by atoms with van der Waals surface area (Å²) in [6, 6.07) is 11.8. The van der Waals surface area contributed by atoms with Crippen LogP contribution in [-0.2, 0) is 16.6 Å². The first-order valence-corrected chi connectivity index (χ1v) is 10.7. The molecule has 1 N–H and O–H groups in total. The van der Waals surface area contributed by atoms with Gasteiger partial charge in [-0.1, -0.05) is 29.8 Å². The Balaban J connectivity index is 1.87. The standard InChI is InChI=1S/C18H17BrClN3O4S/c1-26-13-7-8-17(16(9-13)27-2)28(24,25)22-18-14(19)11-23(21-18)10-12-5-3-4-6-15(12)20/h3-9,11H,10H2,1-2H3,(H,21,22). The Labute approximate surface area is 176 Å². The van der Waals surface area contributed by atoms with Crippen molar-refractivity contribution in [2.75, 3.05) is 18.9 Å². The molecule has 28 heavy (non-hydrogen) atoms. The third kappa shape index (κ3) is 4.43. The molecular formula is C18H17BrClN3O4S. The van der Waals surface area contributed by atoms with Gasteiger partial charge in [-0.2, -0.15) is 5.10 Å². The van der Waals surface area contributed by atoms with E-state index in [0.29, 0.717) is 21.8 Å². The van der Waals surface area contributed by atoms with Crippen LogP contribution in [0.15, 0.2) is 58.0 Å². The highest BCUT2D eigenvalue weighted by Gasteiger charge is 2.23. The van der Waals surface area contributed by atoms with Gasteiger partial charge in [-0.3, -0.25) is 9.40 Å². The lowest BCUT2D eigenvalue weighted by molar-refractivity contribution is 0.386. The first-order chi connectivity index (χ1) is 13.3. The van der Waals surface area contributed by atoms with Gasteiger partial charge in [-0.25, -0.2) is 8.42 Å². The van der Waals surface area contributed by atoms with Crippen molar-refractivity contribution in [2.45, 2.75) is 11.4 Å². The van der Waals surface area contributed by atoms with E-state index in [1.807, 2.05) is 18.2 Å². The predicted molar refractivity (Wildman–Crippen MR) is 111 cm³/mol. The Hall–Kier alpha value is -2.23. The second-order valence-electron chi connectivity index (χ2n) is 5.74. The van der Waals surface area contributed by atoms with Crippen LogP contribution in [0.4, 0.5) is 5.82 Å². The number of benzene rings is 2. The number of aromatic nitrogens is 2. The Kier molecular flexibility index (Phi) is 6.17. The Morgan fingerprint density at radius 3 is 2.61 bits per heavy atom. The van der Waals surface area contributed by atoms with Crippen molar-refractivity contribution in [2.24, 2.45) is 0 Å². The van der Waals surface area contributed by atoms with E-state index in [0.717, 1.165) is 5.56 Å². The van der Waals surface area contributed by atoms with Gasteiger partial charge in [0, 0.05) is 17.3 Å². The highest BCUT2D eigenvalue weighted by Crippen LogP contribution is 2.31. The monoisotopic (exact) mass is 485 g/mol. The summed E-state index contributed by atoms with van der Waals surface area (Å²) in [5, 5.41) is 4.91. The molecule has 0 atom stereocenters. The Morgan fingerprint density at radius 2 is 1.93 bits per heavy atom. The zero-order chi connectivity index (χ0) is 20.3. The molecule has 148 valence electrons. The molecular weight excluding hydrogens is 470 g/mol. The van der Waals surface area contributed by atoms with E-state index in [1.54, 1.807) is 23.0 Å². The average Bonchev–Trinajstić information content (AvgIpc) is 3.01. The number of anilines is 1. The minimum absolute atomic E-state index is 0.0247. The maximum atomic E-state index is 12.8. The van der Waals surface area contributed by atoms with Gasteiger partial charge in [0.15, 0.2) is 5.82 Å². The summed E-state index contributed by atoms with van der Waals surface area (Å²) in [7, 11) is -1.05. The topological polar surface area (TPSA) is 82.5 Å². The maximum absolute atomic E-state index is 12.8. The van der Waals surface area contributed by atoms with E-state index in [1.165, 1.54) is 26.4 Å². The molecule has 0 aliphatic heterocycles. The summed E-state index contributed by atoms with van der Waals surface area (Å²) in [4.78, 5) is -0.0247. The number of rotatable bonds is 7. The lowest BCUT2D eigenvalue weighted by atomic mass is 10.2. The van der Waals surface area contributed by atoms with Gasteiger partial charge in [0.2, 0.25) is 0 Å². The highest BCUT2D eigenvalue weighted by atomic mass is 79.9. The summed E-state index contributed by atoms with van der Waals surface area (Å²) in [5.74, 6) is 0.810. The van der Waals surface area contributed by atoms with Crippen molar-refractivity contribution >= 4 is 43.4 Å². The number of nitrogens with one attached hydrogen (secondary N) is 1. The van der Waals surface area contributed by atoms with Crippen LogP contribution in [0.1, 0.15) is 5.56 Å². The third-order valence-electron chi connectivity index (χ3n) is 3.90. The van der Waals surface area contributed by atoms with Crippen LogP contribution in [0.3, 0.4) is 0 Å². The maximum Gasteiger partial charge on any atom is 0.266 e. The molecule has 0 amide bonds. The number of sulfonamides is 1. The molecule has 7 nitrogen and oxygen atoms in total. The number of ether oxygens (including phenoxy) is 2. The summed E-state index contributed by atoms with van der Waals surface area (Å²) in [6.45, 7) is 0.395. The summed E-state index contributed by atoms with van der Waals surface area (Å²) in [6.07, 6.45) is 1.67. The number of nitrogens with zero attached hydrogens (tertiary/aromatic N) is 2. The fourth-order valence-electron chi connectivity index (χ4n) is 2.53. The van der Waals surface area contributed by atoms with Gasteiger partial charge in [-0.05, 0) is 39.7 Å². The predicted octanol–water partition coefficient (Wildman–Crippen LogP) is 4.17. The first-order valence-electron chi connectivity index (χ1n) is 8.05.